The largest absolute Gasteiger partial charge is 0.376 e. The summed E-state index contributed by atoms with van der Waals surface area (Å²) in [7, 11) is 0. The molecule has 2 aliphatic heterocycles. The van der Waals surface area contributed by atoms with Gasteiger partial charge < -0.3 is 31.3 Å². The van der Waals surface area contributed by atoms with Gasteiger partial charge in [-0.05, 0) is 51.5 Å². The van der Waals surface area contributed by atoms with Gasteiger partial charge in [-0.2, -0.15) is 0 Å². The van der Waals surface area contributed by atoms with Crippen molar-refractivity contribution in [2.24, 2.45) is 5.73 Å². The minimum Gasteiger partial charge on any atom is -0.376 e. The first-order valence-electron chi connectivity index (χ1n) is 12.0. The summed E-state index contributed by atoms with van der Waals surface area (Å²) < 4.78 is 0. The van der Waals surface area contributed by atoms with Crippen LogP contribution in [0.25, 0.3) is 0 Å². The van der Waals surface area contributed by atoms with Gasteiger partial charge in [0.15, 0.2) is 0 Å². The van der Waals surface area contributed by atoms with Gasteiger partial charge in [0.2, 0.25) is 23.6 Å². The monoisotopic (exact) mass is 468 g/mol. The zero-order valence-electron chi connectivity index (χ0n) is 19.8. The molecule has 4 unspecified atom stereocenters. The van der Waals surface area contributed by atoms with E-state index in [2.05, 4.69) is 16.0 Å². The van der Waals surface area contributed by atoms with Crippen molar-refractivity contribution in [1.82, 2.24) is 25.8 Å². The van der Waals surface area contributed by atoms with Crippen LogP contribution in [0.3, 0.4) is 0 Å². The maximum Gasteiger partial charge on any atom is 0.243 e. The maximum atomic E-state index is 12.8. The number of rotatable bonds is 12. The Morgan fingerprint density at radius 1 is 1.00 bits per heavy atom. The third-order valence-electron chi connectivity index (χ3n) is 6.38. The van der Waals surface area contributed by atoms with E-state index in [1.54, 1.807) is 9.80 Å². The van der Waals surface area contributed by atoms with E-state index in [0.29, 0.717) is 58.4 Å². The lowest BCUT2D eigenvalue weighted by atomic mass is 10.1. The maximum absolute atomic E-state index is 12.8. The van der Waals surface area contributed by atoms with Crippen molar-refractivity contribution in [2.75, 3.05) is 32.7 Å². The Kier molecular flexibility index (Phi) is 11.0. The van der Waals surface area contributed by atoms with E-state index in [1.807, 2.05) is 0 Å². The molecule has 11 nitrogen and oxygen atoms in total. The van der Waals surface area contributed by atoms with Crippen LogP contribution in [0.5, 0.6) is 0 Å². The first-order chi connectivity index (χ1) is 15.8. The fraction of sp³-hybridized carbons (Fsp3) is 0.818. The summed E-state index contributed by atoms with van der Waals surface area (Å²) in [6, 6.07) is -1.47. The van der Waals surface area contributed by atoms with E-state index >= 15 is 0 Å². The summed E-state index contributed by atoms with van der Waals surface area (Å²) >= 11 is 0. The van der Waals surface area contributed by atoms with Gasteiger partial charge in [-0.3, -0.25) is 24.5 Å². The molecule has 0 aromatic rings. The highest BCUT2D eigenvalue weighted by Crippen LogP contribution is 2.20. The number of aliphatic hydroxyl groups excluding tert-OH is 1. The van der Waals surface area contributed by atoms with Crippen molar-refractivity contribution in [2.45, 2.75) is 83.1 Å². The smallest absolute Gasteiger partial charge is 0.243 e. The number of nitrogens with zero attached hydrogens (tertiary/aromatic N) is 2. The number of likely N-dealkylation sites (tertiary alicyclic amines) is 2. The molecule has 11 heteroatoms. The van der Waals surface area contributed by atoms with Crippen LogP contribution in [0.2, 0.25) is 0 Å². The molecule has 2 aliphatic rings. The highest BCUT2D eigenvalue weighted by Gasteiger charge is 2.34. The summed E-state index contributed by atoms with van der Waals surface area (Å²) in [4.78, 5) is 52.0. The van der Waals surface area contributed by atoms with Gasteiger partial charge in [0.25, 0.3) is 0 Å². The lowest BCUT2D eigenvalue weighted by molar-refractivity contribution is -0.138. The number of nitrogens with one attached hydrogen (secondary N) is 3. The van der Waals surface area contributed by atoms with Gasteiger partial charge in [-0.1, -0.05) is 0 Å². The Hall–Kier alpha value is -2.24. The fourth-order valence-corrected chi connectivity index (χ4v) is 4.64. The van der Waals surface area contributed by atoms with Gasteiger partial charge in [0, 0.05) is 40.0 Å². The average molecular weight is 469 g/mol. The van der Waals surface area contributed by atoms with Gasteiger partial charge >= 0.3 is 0 Å². The molecule has 2 saturated heterocycles. The quantitative estimate of drug-likeness (QED) is 0.175. The predicted octanol–water partition coefficient (Wildman–Crippen LogP) is -1.35. The topological polar surface area (TPSA) is 157 Å². The van der Waals surface area contributed by atoms with Gasteiger partial charge in [0.1, 0.15) is 18.3 Å². The molecule has 33 heavy (non-hydrogen) atoms. The summed E-state index contributed by atoms with van der Waals surface area (Å²) in [5.74, 6) is -0.787. The summed E-state index contributed by atoms with van der Waals surface area (Å²) in [6.45, 7) is 5.31. The molecule has 0 spiro atoms. The molecular formula is C22H40N6O5. The van der Waals surface area contributed by atoms with Crippen molar-refractivity contribution in [3.63, 3.8) is 0 Å². The number of carbonyl (C=O) groups excluding carboxylic acids is 4. The van der Waals surface area contributed by atoms with Crippen molar-refractivity contribution in [3.8, 4) is 0 Å². The molecule has 0 aromatic heterocycles. The third kappa shape index (κ3) is 7.94. The van der Waals surface area contributed by atoms with Gasteiger partial charge in [0.05, 0.1) is 6.04 Å². The van der Waals surface area contributed by atoms with E-state index < -0.39 is 18.3 Å². The molecule has 2 rings (SSSR count). The fourth-order valence-electron chi connectivity index (χ4n) is 4.64. The molecule has 2 fully saturated rings. The molecule has 0 aliphatic carbocycles. The van der Waals surface area contributed by atoms with Gasteiger partial charge in [-0.25, -0.2) is 0 Å². The molecule has 0 bridgehead atoms. The Morgan fingerprint density at radius 2 is 1.67 bits per heavy atom. The summed E-state index contributed by atoms with van der Waals surface area (Å²) in [5.41, 5.74) is 5.47. The standard InChI is InChI=1S/C22H40N6O5/c1-15(29)27-13-5-8-18(27)21(32)24-11-4-3-7-17(20(31)25-12-10-23)26-22(33)19-9-6-14-28(19)16(2)30/h17-19,21,24,32H,3-14,23H2,1-2H3,(H,25,31)(H,26,33). The van der Waals surface area contributed by atoms with Crippen LogP contribution in [0.15, 0.2) is 0 Å². The number of carbonyl (C=O) groups is 4. The molecule has 4 atom stereocenters. The average Bonchev–Trinajstić information content (AvgIpc) is 3.46. The second-order valence-electron chi connectivity index (χ2n) is 8.83. The molecule has 4 amide bonds. The lowest BCUT2D eigenvalue weighted by Gasteiger charge is -2.28. The van der Waals surface area contributed by atoms with Crippen LogP contribution in [0, 0.1) is 0 Å². The van der Waals surface area contributed by atoms with Crippen LogP contribution < -0.4 is 21.7 Å². The van der Waals surface area contributed by atoms with Crippen molar-refractivity contribution in [1.29, 1.82) is 0 Å². The van der Waals surface area contributed by atoms with Gasteiger partial charge in [-0.15, -0.1) is 0 Å². The Morgan fingerprint density at radius 3 is 2.33 bits per heavy atom. The molecule has 188 valence electrons. The van der Waals surface area contributed by atoms with E-state index in [4.69, 9.17) is 5.73 Å². The van der Waals surface area contributed by atoms with Crippen molar-refractivity contribution in [3.05, 3.63) is 0 Å². The SMILES string of the molecule is CC(=O)N1CCCC1C(=O)NC(CCCCNC(O)C1CCCN1C(C)=O)C(=O)NCCN. The lowest BCUT2D eigenvalue weighted by Crippen LogP contribution is -2.53. The van der Waals surface area contributed by atoms with Crippen molar-refractivity contribution < 1.29 is 24.3 Å². The Bertz CT molecular complexity index is 690. The Labute approximate surface area is 195 Å². The van der Waals surface area contributed by atoms with Crippen LogP contribution >= 0.6 is 0 Å². The minimum atomic E-state index is -0.792. The number of nitrogens with two attached hydrogens (primary N) is 1. The second kappa shape index (κ2) is 13.5. The first kappa shape index (κ1) is 27.0. The number of hydrogen-bond donors (Lipinski definition) is 5. The number of amides is 4. The number of aliphatic hydroxyl groups is 1. The van der Waals surface area contributed by atoms with Crippen LogP contribution in [-0.2, 0) is 19.2 Å². The third-order valence-corrected chi connectivity index (χ3v) is 6.38. The van der Waals surface area contributed by atoms with E-state index in [-0.39, 0.29) is 29.7 Å². The van der Waals surface area contributed by atoms with E-state index in [1.165, 1.54) is 13.8 Å². The summed E-state index contributed by atoms with van der Waals surface area (Å²) in [5, 5.41) is 19.0. The highest BCUT2D eigenvalue weighted by molar-refractivity contribution is 5.92. The van der Waals surface area contributed by atoms with Crippen LogP contribution in [0.4, 0.5) is 0 Å². The Balaban J connectivity index is 1.81. The molecule has 0 aromatic carbocycles. The van der Waals surface area contributed by atoms with E-state index in [0.717, 1.165) is 19.3 Å². The minimum absolute atomic E-state index is 0.0361. The highest BCUT2D eigenvalue weighted by atomic mass is 16.3. The molecule has 2 heterocycles. The van der Waals surface area contributed by atoms with Crippen molar-refractivity contribution >= 4 is 23.6 Å². The van der Waals surface area contributed by atoms with Crippen LogP contribution in [-0.4, -0.2) is 95.6 Å². The molecule has 0 radical (unpaired) electrons. The second-order valence-corrected chi connectivity index (χ2v) is 8.83. The van der Waals surface area contributed by atoms with E-state index in [9.17, 15) is 24.3 Å². The number of hydrogen-bond acceptors (Lipinski definition) is 7. The molecular weight excluding hydrogens is 428 g/mol. The zero-order valence-corrected chi connectivity index (χ0v) is 19.8. The normalized spacial score (nSPS) is 22.2. The molecule has 6 N–H and O–H groups in total. The predicted molar refractivity (Wildman–Crippen MR) is 123 cm³/mol. The zero-order chi connectivity index (χ0) is 24.4. The van der Waals surface area contributed by atoms with Crippen LogP contribution in [0.1, 0.15) is 58.8 Å². The first-order valence-corrected chi connectivity index (χ1v) is 12.0. The number of unbranched alkanes of at least 4 members (excludes halogenated alkanes) is 1. The molecule has 0 saturated carbocycles. The summed E-state index contributed by atoms with van der Waals surface area (Å²) in [6.07, 6.45) is 3.95.